The maximum absolute atomic E-state index is 10.8. The minimum atomic E-state index is -0.196. The Bertz CT molecular complexity index is 303. The van der Waals surface area contributed by atoms with Gasteiger partial charge >= 0.3 is 0 Å². The number of amides is 1. The first kappa shape index (κ1) is 9.92. The van der Waals surface area contributed by atoms with E-state index in [1.54, 1.807) is 19.2 Å². The number of carbonyl (C=O) groups excluding carboxylic acids is 1. The molecule has 0 aromatic carbocycles. The zero-order valence-electron chi connectivity index (χ0n) is 7.25. The highest BCUT2D eigenvalue weighted by molar-refractivity contribution is 6.27. The smallest absolute Gasteiger partial charge is 0.235 e. The molecule has 0 atom stereocenters. The fraction of sp³-hybridized carbons (Fsp3) is 0.375. The third kappa shape index (κ3) is 3.38. The van der Waals surface area contributed by atoms with E-state index in [9.17, 15) is 4.79 Å². The molecule has 1 rings (SSSR count). The van der Waals surface area contributed by atoms with Crippen molar-refractivity contribution in [2.24, 2.45) is 0 Å². The summed E-state index contributed by atoms with van der Waals surface area (Å²) in [7, 11) is 0. The van der Waals surface area contributed by atoms with E-state index in [2.05, 4.69) is 15.3 Å². The van der Waals surface area contributed by atoms with Crippen molar-refractivity contribution in [2.45, 2.75) is 13.5 Å². The summed E-state index contributed by atoms with van der Waals surface area (Å²) in [5.41, 5.74) is 0.783. The van der Waals surface area contributed by atoms with Gasteiger partial charge in [0.15, 0.2) is 0 Å². The minimum absolute atomic E-state index is 0.0237. The molecule has 0 aliphatic carbocycles. The Hall–Kier alpha value is -1.16. The van der Waals surface area contributed by atoms with Gasteiger partial charge in [0, 0.05) is 6.20 Å². The van der Waals surface area contributed by atoms with Crippen molar-refractivity contribution < 1.29 is 4.79 Å². The van der Waals surface area contributed by atoms with Gasteiger partial charge in [-0.25, -0.2) is 9.97 Å². The number of halogens is 1. The summed E-state index contributed by atoms with van der Waals surface area (Å²) in [5.74, 6) is 0.472. The number of nitrogens with zero attached hydrogens (tertiary/aromatic N) is 2. The van der Waals surface area contributed by atoms with E-state index in [-0.39, 0.29) is 11.8 Å². The van der Waals surface area contributed by atoms with E-state index >= 15 is 0 Å². The summed E-state index contributed by atoms with van der Waals surface area (Å²) in [4.78, 5) is 18.8. The highest BCUT2D eigenvalue weighted by Gasteiger charge is 1.99. The maximum atomic E-state index is 10.8. The molecule has 0 bridgehead atoms. The standard InChI is InChI=1S/C8H10ClN3O/c1-6-10-3-2-7(12-6)5-11-8(13)4-9/h2-3H,4-5H2,1H3,(H,11,13). The number of carbonyl (C=O) groups is 1. The van der Waals surface area contributed by atoms with Crippen molar-refractivity contribution >= 4 is 17.5 Å². The molecule has 0 saturated heterocycles. The second-order valence-corrected chi connectivity index (χ2v) is 2.77. The predicted molar refractivity (Wildman–Crippen MR) is 49.3 cm³/mol. The molecule has 1 N–H and O–H groups in total. The normalized spacial score (nSPS) is 9.69. The van der Waals surface area contributed by atoms with Gasteiger partial charge in [0.2, 0.25) is 5.91 Å². The SMILES string of the molecule is Cc1nccc(CNC(=O)CCl)n1. The number of rotatable bonds is 3. The Morgan fingerprint density at radius 2 is 2.46 bits per heavy atom. The van der Waals surface area contributed by atoms with Crippen LogP contribution < -0.4 is 5.32 Å². The van der Waals surface area contributed by atoms with Crippen molar-refractivity contribution in [1.29, 1.82) is 0 Å². The molecule has 5 heteroatoms. The summed E-state index contributed by atoms with van der Waals surface area (Å²) in [6.07, 6.45) is 1.66. The molecule has 1 aromatic rings. The number of alkyl halides is 1. The average molecular weight is 200 g/mol. The van der Waals surface area contributed by atoms with Gasteiger partial charge in [-0.3, -0.25) is 4.79 Å². The summed E-state index contributed by atoms with van der Waals surface area (Å²) in [5, 5.41) is 2.61. The molecular weight excluding hydrogens is 190 g/mol. The lowest BCUT2D eigenvalue weighted by Crippen LogP contribution is -2.24. The Labute approximate surface area is 81.3 Å². The fourth-order valence-electron chi connectivity index (χ4n) is 0.840. The Balaban J connectivity index is 2.50. The zero-order valence-corrected chi connectivity index (χ0v) is 8.01. The molecule has 0 radical (unpaired) electrons. The molecular formula is C8H10ClN3O. The molecule has 1 heterocycles. The highest BCUT2D eigenvalue weighted by Crippen LogP contribution is 1.93. The van der Waals surface area contributed by atoms with Crippen molar-refractivity contribution in [3.63, 3.8) is 0 Å². The Morgan fingerprint density at radius 3 is 3.08 bits per heavy atom. The number of nitrogens with one attached hydrogen (secondary N) is 1. The molecule has 0 unspecified atom stereocenters. The van der Waals surface area contributed by atoms with E-state index in [4.69, 9.17) is 11.6 Å². The maximum Gasteiger partial charge on any atom is 0.235 e. The summed E-state index contributed by atoms with van der Waals surface area (Å²) in [6, 6.07) is 1.75. The lowest BCUT2D eigenvalue weighted by molar-refractivity contribution is -0.118. The van der Waals surface area contributed by atoms with Crippen LogP contribution >= 0.6 is 11.6 Å². The number of aryl methyl sites for hydroxylation is 1. The average Bonchev–Trinajstić information content (AvgIpc) is 2.14. The van der Waals surface area contributed by atoms with Crippen molar-refractivity contribution in [3.05, 3.63) is 23.8 Å². The Kier molecular flexibility index (Phi) is 3.64. The van der Waals surface area contributed by atoms with Crippen LogP contribution in [0.15, 0.2) is 12.3 Å². The first-order chi connectivity index (χ1) is 6.22. The predicted octanol–water partition coefficient (Wildman–Crippen LogP) is 0.640. The lowest BCUT2D eigenvalue weighted by Gasteiger charge is -2.02. The van der Waals surface area contributed by atoms with Crippen LogP contribution in [-0.2, 0) is 11.3 Å². The van der Waals surface area contributed by atoms with Crippen LogP contribution in [0.5, 0.6) is 0 Å². The molecule has 0 fully saturated rings. The van der Waals surface area contributed by atoms with Crippen LogP contribution in [0.4, 0.5) is 0 Å². The highest BCUT2D eigenvalue weighted by atomic mass is 35.5. The molecule has 0 aliphatic rings. The monoisotopic (exact) mass is 199 g/mol. The van der Waals surface area contributed by atoms with E-state index in [0.29, 0.717) is 12.4 Å². The number of hydrogen-bond acceptors (Lipinski definition) is 3. The van der Waals surface area contributed by atoms with Crippen LogP contribution in [0.2, 0.25) is 0 Å². The quantitative estimate of drug-likeness (QED) is 0.727. The summed E-state index contributed by atoms with van der Waals surface area (Å²) >= 11 is 5.30. The molecule has 0 aliphatic heterocycles. The summed E-state index contributed by atoms with van der Waals surface area (Å²) in [6.45, 7) is 2.20. The molecule has 0 spiro atoms. The third-order valence-corrected chi connectivity index (χ3v) is 1.66. The van der Waals surface area contributed by atoms with Crippen LogP contribution in [0.1, 0.15) is 11.5 Å². The second-order valence-electron chi connectivity index (χ2n) is 2.51. The van der Waals surface area contributed by atoms with E-state index < -0.39 is 0 Å². The molecule has 1 aromatic heterocycles. The van der Waals surface area contributed by atoms with Crippen molar-refractivity contribution in [1.82, 2.24) is 15.3 Å². The first-order valence-corrected chi connectivity index (χ1v) is 4.37. The first-order valence-electron chi connectivity index (χ1n) is 3.83. The van der Waals surface area contributed by atoms with Crippen molar-refractivity contribution in [2.75, 3.05) is 5.88 Å². The third-order valence-electron chi connectivity index (χ3n) is 1.42. The largest absolute Gasteiger partial charge is 0.349 e. The number of hydrogen-bond donors (Lipinski definition) is 1. The van der Waals surface area contributed by atoms with Crippen LogP contribution in [-0.4, -0.2) is 21.8 Å². The lowest BCUT2D eigenvalue weighted by atomic mass is 10.4. The van der Waals surface area contributed by atoms with Gasteiger partial charge in [-0.1, -0.05) is 0 Å². The van der Waals surface area contributed by atoms with E-state index in [1.165, 1.54) is 0 Å². The van der Waals surface area contributed by atoms with Gasteiger partial charge in [0.1, 0.15) is 11.7 Å². The van der Waals surface area contributed by atoms with Gasteiger partial charge in [-0.2, -0.15) is 0 Å². The van der Waals surface area contributed by atoms with Crippen LogP contribution in [0.25, 0.3) is 0 Å². The second kappa shape index (κ2) is 4.77. The van der Waals surface area contributed by atoms with E-state index in [1.807, 2.05) is 0 Å². The topological polar surface area (TPSA) is 54.9 Å². The zero-order chi connectivity index (χ0) is 9.68. The van der Waals surface area contributed by atoms with Gasteiger partial charge in [0.05, 0.1) is 12.2 Å². The van der Waals surface area contributed by atoms with Gasteiger partial charge < -0.3 is 5.32 Å². The van der Waals surface area contributed by atoms with Crippen LogP contribution in [0, 0.1) is 6.92 Å². The Morgan fingerprint density at radius 1 is 1.69 bits per heavy atom. The van der Waals surface area contributed by atoms with Gasteiger partial charge in [-0.05, 0) is 13.0 Å². The van der Waals surface area contributed by atoms with Gasteiger partial charge in [0.25, 0.3) is 0 Å². The van der Waals surface area contributed by atoms with Crippen molar-refractivity contribution in [3.8, 4) is 0 Å². The molecule has 1 amide bonds. The minimum Gasteiger partial charge on any atom is -0.349 e. The van der Waals surface area contributed by atoms with Gasteiger partial charge in [-0.15, -0.1) is 11.6 Å². The van der Waals surface area contributed by atoms with Crippen LogP contribution in [0.3, 0.4) is 0 Å². The fourth-order valence-corrected chi connectivity index (χ4v) is 0.934. The van der Waals surface area contributed by atoms with E-state index in [0.717, 1.165) is 5.69 Å². The molecule has 70 valence electrons. The molecule has 13 heavy (non-hydrogen) atoms. The molecule has 4 nitrogen and oxygen atoms in total. The number of aromatic nitrogens is 2. The summed E-state index contributed by atoms with van der Waals surface area (Å²) < 4.78 is 0. The molecule has 0 saturated carbocycles.